The number of rotatable bonds is 3. The molecule has 4 nitrogen and oxygen atoms in total. The van der Waals surface area contributed by atoms with Crippen LogP contribution >= 0.6 is 11.6 Å². The van der Waals surface area contributed by atoms with E-state index < -0.39 is 0 Å². The molecule has 0 atom stereocenters. The number of amides is 1. The minimum absolute atomic E-state index is 0.295. The van der Waals surface area contributed by atoms with Crippen LogP contribution in [0.25, 0.3) is 0 Å². The molecule has 0 spiro atoms. The van der Waals surface area contributed by atoms with E-state index in [0.29, 0.717) is 22.0 Å². The maximum absolute atomic E-state index is 11.9. The third-order valence-electron chi connectivity index (χ3n) is 2.76. The number of halogens is 1. The van der Waals surface area contributed by atoms with Crippen molar-refractivity contribution in [1.82, 2.24) is 5.43 Å². The van der Waals surface area contributed by atoms with Gasteiger partial charge >= 0.3 is 0 Å². The second-order valence-electron chi connectivity index (χ2n) is 4.24. The molecule has 0 unspecified atom stereocenters. The van der Waals surface area contributed by atoms with Crippen LogP contribution in [0, 0.1) is 0 Å². The number of nitrogens with zero attached hydrogens (tertiary/aromatic N) is 1. The van der Waals surface area contributed by atoms with Crippen LogP contribution in [0.5, 0.6) is 0 Å². The molecule has 2 rings (SSSR count). The smallest absolute Gasteiger partial charge is 0.271 e. The molecule has 5 heteroatoms. The van der Waals surface area contributed by atoms with E-state index in [1.54, 1.807) is 37.3 Å². The van der Waals surface area contributed by atoms with E-state index in [9.17, 15) is 4.79 Å². The topological polar surface area (TPSA) is 67.5 Å². The number of nitrogens with one attached hydrogen (secondary N) is 1. The highest BCUT2D eigenvalue weighted by atomic mass is 35.5. The van der Waals surface area contributed by atoms with E-state index in [2.05, 4.69) is 10.5 Å². The number of nitrogen functional groups attached to an aromatic ring is 1. The van der Waals surface area contributed by atoms with Crippen LogP contribution in [-0.2, 0) is 0 Å². The first kappa shape index (κ1) is 14.1. The van der Waals surface area contributed by atoms with Crippen molar-refractivity contribution in [2.75, 3.05) is 5.73 Å². The summed E-state index contributed by atoms with van der Waals surface area (Å²) in [5.74, 6) is -0.295. The highest BCUT2D eigenvalue weighted by Crippen LogP contribution is 2.15. The fourth-order valence-electron chi connectivity index (χ4n) is 1.65. The first-order chi connectivity index (χ1) is 9.58. The Bertz CT molecular complexity index is 650. The van der Waals surface area contributed by atoms with Crippen LogP contribution in [0.15, 0.2) is 53.6 Å². The molecule has 0 aliphatic carbocycles. The monoisotopic (exact) mass is 287 g/mol. The second kappa shape index (κ2) is 6.21. The van der Waals surface area contributed by atoms with Gasteiger partial charge in [-0.15, -0.1) is 0 Å². The molecule has 0 bridgehead atoms. The normalized spacial score (nSPS) is 11.2. The Morgan fingerprint density at radius 3 is 2.45 bits per heavy atom. The molecule has 1 amide bonds. The van der Waals surface area contributed by atoms with Crippen LogP contribution in [0.4, 0.5) is 5.69 Å². The number of hydrogen-bond donors (Lipinski definition) is 2. The predicted octanol–water partition coefficient (Wildman–Crippen LogP) is 3.08. The van der Waals surface area contributed by atoms with E-state index >= 15 is 0 Å². The number of nitrogens with two attached hydrogens (primary N) is 1. The molecule has 102 valence electrons. The molecule has 0 aliphatic heterocycles. The third kappa shape index (κ3) is 3.36. The van der Waals surface area contributed by atoms with Gasteiger partial charge in [-0.25, -0.2) is 5.43 Å². The van der Waals surface area contributed by atoms with Gasteiger partial charge < -0.3 is 5.73 Å². The van der Waals surface area contributed by atoms with Crippen molar-refractivity contribution >= 4 is 28.9 Å². The maximum atomic E-state index is 11.9. The summed E-state index contributed by atoms with van der Waals surface area (Å²) >= 11 is 6.06. The van der Waals surface area contributed by atoms with Gasteiger partial charge in [0, 0.05) is 21.8 Å². The van der Waals surface area contributed by atoms with Crippen molar-refractivity contribution in [1.29, 1.82) is 0 Å². The Morgan fingerprint density at radius 1 is 1.15 bits per heavy atom. The van der Waals surface area contributed by atoms with Crippen LogP contribution in [0.1, 0.15) is 22.8 Å². The standard InChI is InChI=1S/C15H14ClN3O/c1-10(13-4-2-3-5-14(13)16)18-19-15(20)11-6-8-12(17)9-7-11/h2-9H,17H2,1H3,(H,19,20)/b18-10-. The van der Waals surface area contributed by atoms with E-state index in [1.165, 1.54) is 0 Å². The van der Waals surface area contributed by atoms with Crippen molar-refractivity contribution < 1.29 is 4.79 Å². The zero-order valence-corrected chi connectivity index (χ0v) is 11.7. The van der Waals surface area contributed by atoms with Gasteiger partial charge in [0.1, 0.15) is 0 Å². The van der Waals surface area contributed by atoms with Crippen molar-refractivity contribution in [2.45, 2.75) is 6.92 Å². The van der Waals surface area contributed by atoms with E-state index in [0.717, 1.165) is 5.56 Å². The molecule has 0 aliphatic rings. The lowest BCUT2D eigenvalue weighted by atomic mass is 10.1. The summed E-state index contributed by atoms with van der Waals surface area (Å²) in [7, 11) is 0. The second-order valence-corrected chi connectivity index (χ2v) is 4.65. The van der Waals surface area contributed by atoms with Crippen molar-refractivity contribution in [2.24, 2.45) is 5.10 Å². The molecule has 2 aromatic rings. The Labute approximate surface area is 122 Å². The first-order valence-corrected chi connectivity index (χ1v) is 6.41. The van der Waals surface area contributed by atoms with Crippen molar-refractivity contribution in [3.8, 4) is 0 Å². The lowest BCUT2D eigenvalue weighted by Crippen LogP contribution is -2.19. The van der Waals surface area contributed by atoms with Gasteiger partial charge in [0.05, 0.1) is 5.71 Å². The van der Waals surface area contributed by atoms with Gasteiger partial charge in [0.25, 0.3) is 5.91 Å². The molecule has 0 saturated heterocycles. The summed E-state index contributed by atoms with van der Waals surface area (Å²) in [6, 6.07) is 13.9. The SMILES string of the molecule is C/C(=N/NC(=O)c1ccc(N)cc1)c1ccccc1Cl. The predicted molar refractivity (Wildman–Crippen MR) is 82.0 cm³/mol. The zero-order valence-electron chi connectivity index (χ0n) is 10.9. The molecule has 2 aromatic carbocycles. The zero-order chi connectivity index (χ0) is 14.5. The van der Waals surface area contributed by atoms with Gasteiger partial charge in [0.2, 0.25) is 0 Å². The summed E-state index contributed by atoms with van der Waals surface area (Å²) in [5.41, 5.74) is 10.6. The van der Waals surface area contributed by atoms with Crippen LogP contribution in [-0.4, -0.2) is 11.6 Å². The fraction of sp³-hybridized carbons (Fsp3) is 0.0667. The van der Waals surface area contributed by atoms with Gasteiger partial charge in [-0.2, -0.15) is 5.10 Å². The lowest BCUT2D eigenvalue weighted by Gasteiger charge is -2.05. The largest absolute Gasteiger partial charge is 0.399 e. The highest BCUT2D eigenvalue weighted by molar-refractivity contribution is 6.34. The molecule has 0 saturated carbocycles. The summed E-state index contributed by atoms with van der Waals surface area (Å²) in [6.45, 7) is 1.78. The summed E-state index contributed by atoms with van der Waals surface area (Å²) in [5, 5.41) is 4.65. The van der Waals surface area contributed by atoms with E-state index in [-0.39, 0.29) is 5.91 Å². The van der Waals surface area contributed by atoms with Gasteiger partial charge in [-0.3, -0.25) is 4.79 Å². The number of carbonyl (C=O) groups is 1. The molecule has 0 heterocycles. The fourth-order valence-corrected chi connectivity index (χ4v) is 1.92. The number of benzene rings is 2. The quantitative estimate of drug-likeness (QED) is 0.517. The minimum Gasteiger partial charge on any atom is -0.399 e. The summed E-state index contributed by atoms with van der Waals surface area (Å²) in [4.78, 5) is 11.9. The number of hydrogen-bond acceptors (Lipinski definition) is 3. The Kier molecular flexibility index (Phi) is 4.38. The first-order valence-electron chi connectivity index (χ1n) is 6.03. The van der Waals surface area contributed by atoms with Gasteiger partial charge in [-0.1, -0.05) is 29.8 Å². The van der Waals surface area contributed by atoms with Crippen molar-refractivity contribution in [3.05, 3.63) is 64.7 Å². The molecule has 0 fully saturated rings. The highest BCUT2D eigenvalue weighted by Gasteiger charge is 2.06. The van der Waals surface area contributed by atoms with Gasteiger partial charge in [-0.05, 0) is 37.3 Å². The summed E-state index contributed by atoms with van der Waals surface area (Å²) in [6.07, 6.45) is 0. The average Bonchev–Trinajstić information content (AvgIpc) is 2.45. The van der Waals surface area contributed by atoms with Gasteiger partial charge in [0.15, 0.2) is 0 Å². The number of hydrazone groups is 1. The average molecular weight is 288 g/mol. The van der Waals surface area contributed by atoms with E-state index in [4.69, 9.17) is 17.3 Å². The van der Waals surface area contributed by atoms with Crippen LogP contribution in [0.2, 0.25) is 5.02 Å². The van der Waals surface area contributed by atoms with Crippen molar-refractivity contribution in [3.63, 3.8) is 0 Å². The Hall–Kier alpha value is -2.33. The minimum atomic E-state index is -0.295. The maximum Gasteiger partial charge on any atom is 0.271 e. The lowest BCUT2D eigenvalue weighted by molar-refractivity contribution is 0.0955. The Balaban J connectivity index is 2.11. The summed E-state index contributed by atoms with van der Waals surface area (Å²) < 4.78 is 0. The molecule has 20 heavy (non-hydrogen) atoms. The van der Waals surface area contributed by atoms with E-state index in [1.807, 2.05) is 18.2 Å². The number of anilines is 1. The van der Waals surface area contributed by atoms with Crippen LogP contribution in [0.3, 0.4) is 0 Å². The molecular weight excluding hydrogens is 274 g/mol. The molecule has 3 N–H and O–H groups in total. The molecule has 0 radical (unpaired) electrons. The Morgan fingerprint density at radius 2 is 1.80 bits per heavy atom. The molecule has 0 aromatic heterocycles. The van der Waals surface area contributed by atoms with Crippen LogP contribution < -0.4 is 11.2 Å². The third-order valence-corrected chi connectivity index (χ3v) is 3.09. The number of carbonyl (C=O) groups excluding carboxylic acids is 1. The molecular formula is C15H14ClN3O.